The summed E-state index contributed by atoms with van der Waals surface area (Å²) < 4.78 is 2.66. The van der Waals surface area contributed by atoms with E-state index in [1.165, 1.54) is 11.9 Å². The van der Waals surface area contributed by atoms with Crippen molar-refractivity contribution < 1.29 is 4.79 Å². The molecule has 0 aliphatic carbocycles. The van der Waals surface area contributed by atoms with Crippen LogP contribution >= 0.6 is 46.1 Å². The van der Waals surface area contributed by atoms with Crippen molar-refractivity contribution in [2.45, 2.75) is 6.92 Å². The Morgan fingerprint density at radius 2 is 2.44 bits per heavy atom. The van der Waals surface area contributed by atoms with Gasteiger partial charge in [0.2, 0.25) is 5.82 Å². The van der Waals surface area contributed by atoms with E-state index >= 15 is 0 Å². The van der Waals surface area contributed by atoms with Crippen LogP contribution in [0, 0.1) is 3.57 Å². The van der Waals surface area contributed by atoms with Crippen molar-refractivity contribution in [1.29, 1.82) is 0 Å². The first-order valence-corrected chi connectivity index (χ1v) is 6.90. The summed E-state index contributed by atoms with van der Waals surface area (Å²) in [6.45, 7) is 1.99. The minimum Gasteiger partial charge on any atom is -0.272 e. The molecule has 2 heterocycles. The first kappa shape index (κ1) is 12.1. The third-order valence-electron chi connectivity index (χ3n) is 1.86. The van der Waals surface area contributed by atoms with Crippen molar-refractivity contribution in [2.24, 2.45) is 0 Å². The van der Waals surface area contributed by atoms with Crippen LogP contribution in [0.1, 0.15) is 17.5 Å². The molecule has 0 saturated carbocycles. The second-order valence-corrected chi connectivity index (χ2v) is 5.71. The lowest BCUT2D eigenvalue weighted by Gasteiger charge is -2.01. The highest BCUT2D eigenvalue weighted by atomic mass is 127. The van der Waals surface area contributed by atoms with Gasteiger partial charge in [0, 0.05) is 15.5 Å². The molecule has 0 radical (unpaired) electrons. The minimum atomic E-state index is -0.561. The predicted octanol–water partition coefficient (Wildman–Crippen LogP) is 2.93. The smallest absolute Gasteiger partial charge is 0.272 e. The molecule has 7 heteroatoms. The first-order valence-electron chi connectivity index (χ1n) is 4.50. The van der Waals surface area contributed by atoms with E-state index in [0.29, 0.717) is 11.2 Å². The van der Waals surface area contributed by atoms with E-state index in [1.807, 2.05) is 13.0 Å². The molecule has 0 atom stereocenters. The minimum absolute atomic E-state index is 0.234. The molecule has 0 unspecified atom stereocenters. The normalized spacial score (nSPS) is 10.9. The summed E-state index contributed by atoms with van der Waals surface area (Å²) in [5.41, 5.74) is 1.37. The fraction of sp³-hybridized carbons (Fsp3) is 0.222. The maximum Gasteiger partial charge on any atom is 0.289 e. The third kappa shape index (κ3) is 2.18. The van der Waals surface area contributed by atoms with E-state index in [0.717, 1.165) is 9.32 Å². The van der Waals surface area contributed by atoms with Crippen molar-refractivity contribution >= 4 is 62.5 Å². The number of imidazole rings is 1. The molecular formula is C9H7ClIN3OS. The van der Waals surface area contributed by atoms with Gasteiger partial charge < -0.3 is 0 Å². The quantitative estimate of drug-likeness (QED) is 0.618. The average Bonchev–Trinajstić information content (AvgIpc) is 2.57. The van der Waals surface area contributed by atoms with Crippen LogP contribution in [-0.2, 0) is 0 Å². The highest BCUT2D eigenvalue weighted by molar-refractivity contribution is 14.1. The fourth-order valence-corrected chi connectivity index (χ4v) is 2.67. The number of aromatic nitrogens is 3. The molecule has 0 aliphatic heterocycles. The molecule has 0 spiro atoms. The van der Waals surface area contributed by atoms with Crippen LogP contribution in [0.5, 0.6) is 0 Å². The molecule has 0 aromatic carbocycles. The molecule has 0 bridgehead atoms. The van der Waals surface area contributed by atoms with Crippen LogP contribution in [-0.4, -0.2) is 24.9 Å². The SMILES string of the molecule is CCSn1c(C(=O)Cl)nc2cc(I)cnc21. The zero-order valence-corrected chi connectivity index (χ0v) is 12.0. The molecule has 2 aromatic rings. The molecule has 4 nitrogen and oxygen atoms in total. The lowest BCUT2D eigenvalue weighted by atomic mass is 10.4. The fourth-order valence-electron chi connectivity index (χ4n) is 1.30. The van der Waals surface area contributed by atoms with E-state index < -0.39 is 5.24 Å². The Morgan fingerprint density at radius 3 is 3.06 bits per heavy atom. The van der Waals surface area contributed by atoms with Gasteiger partial charge in [-0.25, -0.2) is 13.9 Å². The van der Waals surface area contributed by atoms with Crippen LogP contribution < -0.4 is 0 Å². The number of hydrogen-bond donors (Lipinski definition) is 0. The summed E-state index contributed by atoms with van der Waals surface area (Å²) >= 11 is 9.10. The zero-order chi connectivity index (χ0) is 11.7. The largest absolute Gasteiger partial charge is 0.289 e. The summed E-state index contributed by atoms with van der Waals surface area (Å²) in [7, 11) is 0. The van der Waals surface area contributed by atoms with Crippen LogP contribution in [0.25, 0.3) is 11.2 Å². The van der Waals surface area contributed by atoms with Gasteiger partial charge in [-0.1, -0.05) is 6.92 Å². The molecular weight excluding hydrogens is 361 g/mol. The molecule has 84 valence electrons. The summed E-state index contributed by atoms with van der Waals surface area (Å²) in [6.07, 6.45) is 1.74. The number of hydrogen-bond acceptors (Lipinski definition) is 4. The molecule has 0 fully saturated rings. The molecule has 2 rings (SSSR count). The standard InChI is InChI=1S/C9H7ClIN3OS/c1-2-16-14-8-6(3-5(11)4-12-8)13-9(14)7(10)15/h3-4H,2H2,1H3. The summed E-state index contributed by atoms with van der Waals surface area (Å²) in [4.78, 5) is 19.7. The summed E-state index contributed by atoms with van der Waals surface area (Å²) in [5, 5.41) is -0.561. The van der Waals surface area contributed by atoms with Crippen molar-refractivity contribution in [2.75, 3.05) is 5.75 Å². The van der Waals surface area contributed by atoms with Gasteiger partial charge >= 0.3 is 0 Å². The maximum atomic E-state index is 11.2. The summed E-state index contributed by atoms with van der Waals surface area (Å²) in [5.74, 6) is 1.05. The number of rotatable bonds is 3. The second-order valence-electron chi connectivity index (χ2n) is 2.92. The van der Waals surface area contributed by atoms with Gasteiger partial charge in [0.1, 0.15) is 5.52 Å². The predicted molar refractivity (Wildman–Crippen MR) is 74.0 cm³/mol. The Balaban J connectivity index is 2.70. The van der Waals surface area contributed by atoms with Crippen LogP contribution in [0.2, 0.25) is 0 Å². The topological polar surface area (TPSA) is 47.8 Å². The monoisotopic (exact) mass is 367 g/mol. The molecule has 0 aliphatic rings. The number of fused-ring (bicyclic) bond motifs is 1. The number of carbonyl (C=O) groups excluding carboxylic acids is 1. The van der Waals surface area contributed by atoms with E-state index in [4.69, 9.17) is 11.6 Å². The van der Waals surface area contributed by atoms with Gasteiger partial charge in [-0.3, -0.25) is 4.79 Å². The Kier molecular flexibility index (Phi) is 3.70. The van der Waals surface area contributed by atoms with Crippen molar-refractivity contribution in [3.63, 3.8) is 0 Å². The Hall–Kier alpha value is -0.340. The highest BCUT2D eigenvalue weighted by Crippen LogP contribution is 2.22. The molecule has 2 aromatic heterocycles. The third-order valence-corrected chi connectivity index (χ3v) is 3.48. The van der Waals surface area contributed by atoms with Crippen molar-refractivity contribution in [3.8, 4) is 0 Å². The molecule has 0 N–H and O–H groups in total. The van der Waals surface area contributed by atoms with Gasteiger partial charge in [0.25, 0.3) is 5.24 Å². The van der Waals surface area contributed by atoms with Gasteiger partial charge in [-0.15, -0.1) is 0 Å². The zero-order valence-electron chi connectivity index (χ0n) is 8.28. The van der Waals surface area contributed by atoms with Crippen LogP contribution in [0.15, 0.2) is 12.3 Å². The van der Waals surface area contributed by atoms with E-state index in [2.05, 4.69) is 32.6 Å². The molecule has 0 amide bonds. The lowest BCUT2D eigenvalue weighted by Crippen LogP contribution is -2.00. The van der Waals surface area contributed by atoms with E-state index in [1.54, 1.807) is 10.2 Å². The lowest BCUT2D eigenvalue weighted by molar-refractivity contribution is 0.107. The molecule has 16 heavy (non-hydrogen) atoms. The van der Waals surface area contributed by atoms with Crippen molar-refractivity contribution in [3.05, 3.63) is 21.7 Å². The number of pyridine rings is 1. The number of carbonyl (C=O) groups is 1. The van der Waals surface area contributed by atoms with Crippen molar-refractivity contribution in [1.82, 2.24) is 13.9 Å². The van der Waals surface area contributed by atoms with Crippen LogP contribution in [0.3, 0.4) is 0 Å². The second kappa shape index (κ2) is 4.89. The van der Waals surface area contributed by atoms with Gasteiger partial charge in [0.05, 0.1) is 0 Å². The number of halogens is 2. The van der Waals surface area contributed by atoms with Gasteiger partial charge in [-0.2, -0.15) is 0 Å². The van der Waals surface area contributed by atoms with E-state index in [9.17, 15) is 4.79 Å². The average molecular weight is 368 g/mol. The molecule has 0 saturated heterocycles. The number of nitrogens with zero attached hydrogens (tertiary/aromatic N) is 3. The summed E-state index contributed by atoms with van der Waals surface area (Å²) in [6, 6.07) is 1.87. The van der Waals surface area contributed by atoms with E-state index in [-0.39, 0.29) is 5.82 Å². The Morgan fingerprint density at radius 1 is 1.69 bits per heavy atom. The highest BCUT2D eigenvalue weighted by Gasteiger charge is 2.17. The Bertz CT molecular complexity index is 557. The Labute approximate surface area is 115 Å². The van der Waals surface area contributed by atoms with Crippen LogP contribution in [0.4, 0.5) is 0 Å². The first-order chi connectivity index (χ1) is 7.63. The van der Waals surface area contributed by atoms with Gasteiger partial charge in [0.15, 0.2) is 5.65 Å². The maximum absolute atomic E-state index is 11.2. The van der Waals surface area contributed by atoms with Gasteiger partial charge in [-0.05, 0) is 52.2 Å².